The molecule has 1 aliphatic heterocycles. The van der Waals surface area contributed by atoms with Crippen molar-refractivity contribution in [1.29, 1.82) is 0 Å². The molecule has 0 aliphatic carbocycles. The number of sulfonamides is 1. The minimum Gasteiger partial charge on any atom is -0.493 e. The lowest BCUT2D eigenvalue weighted by atomic mass is 10.2. The average Bonchev–Trinajstić information content (AvgIpc) is 2.95. The van der Waals surface area contributed by atoms with Gasteiger partial charge in [0, 0.05) is 0 Å². The van der Waals surface area contributed by atoms with Gasteiger partial charge in [0.2, 0.25) is 0 Å². The van der Waals surface area contributed by atoms with Crippen LogP contribution in [0.15, 0.2) is 58.3 Å². The number of methoxy groups -OCH3 is 2. The summed E-state index contributed by atoms with van der Waals surface area (Å²) in [6.45, 7) is 0. The number of thioether (sulfide) groups is 1. The Hall–Kier alpha value is -2.40. The highest BCUT2D eigenvalue weighted by Crippen LogP contribution is 2.34. The Morgan fingerprint density at radius 1 is 1.07 bits per heavy atom. The van der Waals surface area contributed by atoms with E-state index in [4.69, 9.17) is 21.7 Å². The van der Waals surface area contributed by atoms with E-state index >= 15 is 0 Å². The summed E-state index contributed by atoms with van der Waals surface area (Å²) in [5.74, 6) is 0.517. The van der Waals surface area contributed by atoms with E-state index in [1.54, 1.807) is 42.5 Å². The largest absolute Gasteiger partial charge is 0.493 e. The maximum Gasteiger partial charge on any atom is 0.281 e. The Morgan fingerprint density at radius 3 is 2.39 bits per heavy atom. The number of thiocarbonyl (C=S) groups is 1. The van der Waals surface area contributed by atoms with Gasteiger partial charge >= 0.3 is 0 Å². The normalized spacial score (nSPS) is 15.9. The summed E-state index contributed by atoms with van der Waals surface area (Å²) < 4.78 is 35.5. The van der Waals surface area contributed by atoms with Crippen molar-refractivity contribution in [3.05, 3.63) is 59.0 Å². The number of amides is 1. The molecule has 28 heavy (non-hydrogen) atoms. The summed E-state index contributed by atoms with van der Waals surface area (Å²) in [6, 6.07) is 12.9. The number of ether oxygens (including phenoxy) is 2. The second-order valence-electron chi connectivity index (χ2n) is 5.54. The molecule has 2 aromatic rings. The zero-order valence-corrected chi connectivity index (χ0v) is 17.4. The Morgan fingerprint density at radius 2 is 1.75 bits per heavy atom. The molecule has 10 heteroatoms. The Kier molecular flexibility index (Phi) is 6.04. The molecule has 0 saturated carbocycles. The molecule has 1 saturated heterocycles. The lowest BCUT2D eigenvalue weighted by Crippen LogP contribution is -2.44. The van der Waals surface area contributed by atoms with E-state index in [-0.39, 0.29) is 14.1 Å². The second-order valence-corrected chi connectivity index (χ2v) is 8.88. The number of nitrogens with zero attached hydrogens (tertiary/aromatic N) is 1. The summed E-state index contributed by atoms with van der Waals surface area (Å²) in [6.07, 6.45) is 1.61. The van der Waals surface area contributed by atoms with E-state index in [0.29, 0.717) is 17.1 Å². The molecule has 0 spiro atoms. The van der Waals surface area contributed by atoms with Gasteiger partial charge < -0.3 is 9.47 Å². The van der Waals surface area contributed by atoms with Crippen LogP contribution < -0.4 is 14.3 Å². The van der Waals surface area contributed by atoms with Crippen molar-refractivity contribution >= 4 is 50.3 Å². The van der Waals surface area contributed by atoms with Crippen LogP contribution in [0, 0.1) is 0 Å². The van der Waals surface area contributed by atoms with Crippen molar-refractivity contribution in [1.82, 2.24) is 9.84 Å². The van der Waals surface area contributed by atoms with Crippen LogP contribution >= 0.6 is 24.0 Å². The molecular weight excluding hydrogens is 420 g/mol. The minimum atomic E-state index is -3.93. The van der Waals surface area contributed by atoms with Gasteiger partial charge in [-0.15, -0.1) is 4.83 Å². The van der Waals surface area contributed by atoms with Crippen LogP contribution in [0.4, 0.5) is 0 Å². The molecule has 0 bridgehead atoms. The van der Waals surface area contributed by atoms with Crippen molar-refractivity contribution in [2.45, 2.75) is 4.90 Å². The lowest BCUT2D eigenvalue weighted by molar-refractivity contribution is -0.123. The fourth-order valence-electron chi connectivity index (χ4n) is 2.41. The van der Waals surface area contributed by atoms with Crippen LogP contribution in [0.5, 0.6) is 11.5 Å². The van der Waals surface area contributed by atoms with Crippen LogP contribution in [-0.4, -0.2) is 37.9 Å². The van der Waals surface area contributed by atoms with Crippen molar-refractivity contribution in [3.8, 4) is 11.5 Å². The topological polar surface area (TPSA) is 84.9 Å². The first-order valence-electron chi connectivity index (χ1n) is 7.93. The molecule has 0 unspecified atom stereocenters. The quantitative estimate of drug-likeness (QED) is 0.551. The van der Waals surface area contributed by atoms with E-state index in [0.717, 1.165) is 16.8 Å². The number of benzene rings is 2. The van der Waals surface area contributed by atoms with E-state index in [1.807, 2.05) is 0 Å². The van der Waals surface area contributed by atoms with Gasteiger partial charge in [-0.2, -0.15) is 0 Å². The number of hydrogen-bond acceptors (Lipinski definition) is 7. The molecule has 2 aromatic carbocycles. The first kappa shape index (κ1) is 20.3. The molecule has 1 heterocycles. The van der Waals surface area contributed by atoms with Crippen molar-refractivity contribution < 1.29 is 22.7 Å². The van der Waals surface area contributed by atoms with Crippen LogP contribution in [0.3, 0.4) is 0 Å². The van der Waals surface area contributed by atoms with Crippen molar-refractivity contribution in [2.75, 3.05) is 14.2 Å². The number of rotatable bonds is 6. The molecule has 146 valence electrons. The molecule has 3 rings (SSSR count). The van der Waals surface area contributed by atoms with Gasteiger partial charge in [0.15, 0.2) is 15.8 Å². The Bertz CT molecular complexity index is 1050. The van der Waals surface area contributed by atoms with Gasteiger partial charge in [-0.05, 0) is 35.9 Å². The number of hydrazine groups is 1. The van der Waals surface area contributed by atoms with Gasteiger partial charge in [0.25, 0.3) is 15.9 Å². The third-order valence-electron chi connectivity index (χ3n) is 3.76. The van der Waals surface area contributed by atoms with Gasteiger partial charge in [-0.1, -0.05) is 48.2 Å². The van der Waals surface area contributed by atoms with Gasteiger partial charge in [0.05, 0.1) is 24.0 Å². The number of carbonyl (C=O) groups is 1. The summed E-state index contributed by atoms with van der Waals surface area (Å²) in [7, 11) is -0.892. The van der Waals surface area contributed by atoms with Crippen LogP contribution in [0.1, 0.15) is 5.56 Å². The van der Waals surface area contributed by atoms with Crippen molar-refractivity contribution in [3.63, 3.8) is 0 Å². The standard InChI is InChI=1S/C18H16N2O5S3/c1-24-14-9-8-12(10-15(14)25-2)11-16-17(21)20(18(26)27-16)19-28(22,23)13-6-4-3-5-7-13/h3-11,19H,1-2H3/b16-11+. The first-order valence-corrected chi connectivity index (χ1v) is 10.6. The molecule has 1 aliphatic rings. The smallest absolute Gasteiger partial charge is 0.281 e. The second kappa shape index (κ2) is 8.31. The Labute approximate surface area is 172 Å². The fourth-order valence-corrected chi connectivity index (χ4v) is 4.74. The summed E-state index contributed by atoms with van der Waals surface area (Å²) in [4.78, 5) is 15.2. The van der Waals surface area contributed by atoms with Crippen LogP contribution in [-0.2, 0) is 14.8 Å². The Balaban J connectivity index is 1.85. The summed E-state index contributed by atoms with van der Waals surface area (Å²) >= 11 is 6.18. The zero-order valence-electron chi connectivity index (χ0n) is 14.9. The molecule has 0 atom stereocenters. The predicted molar refractivity (Wildman–Crippen MR) is 111 cm³/mol. The van der Waals surface area contributed by atoms with Crippen molar-refractivity contribution in [2.24, 2.45) is 0 Å². The molecule has 0 radical (unpaired) electrons. The molecule has 1 amide bonds. The maximum atomic E-state index is 12.7. The number of hydrogen-bond donors (Lipinski definition) is 1. The van der Waals surface area contributed by atoms with Crippen LogP contribution in [0.2, 0.25) is 0 Å². The molecule has 7 nitrogen and oxygen atoms in total. The third-order valence-corrected chi connectivity index (χ3v) is 6.38. The minimum absolute atomic E-state index is 0.0351. The maximum absolute atomic E-state index is 12.7. The highest BCUT2D eigenvalue weighted by Gasteiger charge is 2.35. The van der Waals surface area contributed by atoms with Gasteiger partial charge in [-0.3, -0.25) is 4.79 Å². The number of nitrogens with one attached hydrogen (secondary N) is 1. The molecule has 1 fully saturated rings. The fraction of sp³-hybridized carbons (Fsp3) is 0.111. The lowest BCUT2D eigenvalue weighted by Gasteiger charge is -2.15. The average molecular weight is 437 g/mol. The van der Waals surface area contributed by atoms with Gasteiger partial charge in [-0.25, -0.2) is 13.4 Å². The SMILES string of the molecule is COc1ccc(/C=C2/SC(=S)N(NS(=O)(=O)c3ccccc3)C2=O)cc1OC. The third kappa shape index (κ3) is 4.20. The summed E-state index contributed by atoms with van der Waals surface area (Å²) in [5, 5.41) is 0.856. The first-order chi connectivity index (χ1) is 13.4. The predicted octanol–water partition coefficient (Wildman–Crippen LogP) is 2.80. The van der Waals surface area contributed by atoms with E-state index in [9.17, 15) is 13.2 Å². The highest BCUT2D eigenvalue weighted by molar-refractivity contribution is 8.26. The summed E-state index contributed by atoms with van der Waals surface area (Å²) in [5.41, 5.74) is 0.684. The highest BCUT2D eigenvalue weighted by atomic mass is 32.2. The van der Waals surface area contributed by atoms with Crippen LogP contribution in [0.25, 0.3) is 6.08 Å². The van der Waals surface area contributed by atoms with E-state index < -0.39 is 15.9 Å². The molecule has 1 N–H and O–H groups in total. The van der Waals surface area contributed by atoms with E-state index in [2.05, 4.69) is 4.83 Å². The number of carbonyl (C=O) groups excluding carboxylic acids is 1. The monoisotopic (exact) mass is 436 g/mol. The van der Waals surface area contributed by atoms with E-state index in [1.165, 1.54) is 26.4 Å². The van der Waals surface area contributed by atoms with Gasteiger partial charge in [0.1, 0.15) is 0 Å². The molecular formula is C18H16N2O5S3. The zero-order chi connectivity index (χ0) is 20.3. The molecule has 0 aromatic heterocycles.